The Morgan fingerprint density at radius 3 is 2.07 bits per heavy atom. The quantitative estimate of drug-likeness (QED) is 0.289. The van der Waals surface area contributed by atoms with Crippen molar-refractivity contribution in [3.8, 4) is 6.07 Å². The predicted octanol–water partition coefficient (Wildman–Crippen LogP) is 6.05. The molecule has 0 atom stereocenters. The molecule has 0 aromatic heterocycles. The first-order valence-corrected chi connectivity index (χ1v) is 9.42. The van der Waals surface area contributed by atoms with Gasteiger partial charge in [-0.25, -0.2) is 0 Å². The summed E-state index contributed by atoms with van der Waals surface area (Å²) in [6.45, 7) is 0. The average Bonchev–Trinajstić information content (AvgIpc) is 2.76. The first-order valence-electron chi connectivity index (χ1n) is 9.42. The Morgan fingerprint density at radius 1 is 0.714 bits per heavy atom. The molecule has 0 fully saturated rings. The zero-order chi connectivity index (χ0) is 19.1. The van der Waals surface area contributed by atoms with Crippen LogP contribution in [0.25, 0.3) is 32.3 Å². The van der Waals surface area contributed by atoms with Gasteiger partial charge in [0.2, 0.25) is 0 Å². The van der Waals surface area contributed by atoms with Gasteiger partial charge in [0.05, 0.1) is 11.6 Å². The van der Waals surface area contributed by atoms with E-state index in [1.165, 1.54) is 38.1 Å². The first-order chi connectivity index (χ1) is 13.8. The number of aryl methyl sites for hydroxylation is 2. The summed E-state index contributed by atoms with van der Waals surface area (Å²) in [7, 11) is 0. The van der Waals surface area contributed by atoms with Crippen LogP contribution in [-0.2, 0) is 12.8 Å². The molecule has 0 bridgehead atoms. The Balaban J connectivity index is 1.63. The van der Waals surface area contributed by atoms with E-state index in [4.69, 9.17) is 5.26 Å². The van der Waals surface area contributed by atoms with E-state index in [2.05, 4.69) is 42.5 Å². The van der Waals surface area contributed by atoms with Crippen LogP contribution in [0.5, 0.6) is 0 Å². The lowest BCUT2D eigenvalue weighted by molar-refractivity contribution is 0.112. The van der Waals surface area contributed by atoms with Crippen molar-refractivity contribution in [3.05, 3.63) is 95.1 Å². The van der Waals surface area contributed by atoms with Crippen molar-refractivity contribution in [2.75, 3.05) is 0 Å². The highest BCUT2D eigenvalue weighted by atomic mass is 16.1. The summed E-state index contributed by atoms with van der Waals surface area (Å²) in [4.78, 5) is 11.5. The zero-order valence-electron chi connectivity index (χ0n) is 15.3. The lowest BCUT2D eigenvalue weighted by Crippen LogP contribution is -1.95. The Labute approximate surface area is 163 Å². The Bertz CT molecular complexity index is 1370. The highest BCUT2D eigenvalue weighted by molar-refractivity contribution is 6.25. The number of nitriles is 1. The second kappa shape index (κ2) is 6.48. The number of nitrogens with zero attached hydrogens (tertiary/aromatic N) is 1. The van der Waals surface area contributed by atoms with E-state index in [-0.39, 0.29) is 0 Å². The van der Waals surface area contributed by atoms with Gasteiger partial charge in [-0.3, -0.25) is 4.79 Å². The van der Waals surface area contributed by atoms with Crippen molar-refractivity contribution >= 4 is 38.6 Å². The molecule has 5 aromatic rings. The van der Waals surface area contributed by atoms with Gasteiger partial charge in [-0.15, -0.1) is 0 Å². The van der Waals surface area contributed by atoms with E-state index in [0.717, 1.165) is 30.1 Å². The maximum absolute atomic E-state index is 11.5. The summed E-state index contributed by atoms with van der Waals surface area (Å²) in [5, 5.41) is 16.0. The molecule has 0 aliphatic carbocycles. The molecule has 0 aliphatic rings. The molecule has 2 heteroatoms. The number of carbonyl (C=O) groups excluding carboxylic acids is 1. The van der Waals surface area contributed by atoms with E-state index in [9.17, 15) is 4.79 Å². The summed E-state index contributed by atoms with van der Waals surface area (Å²) < 4.78 is 0. The van der Waals surface area contributed by atoms with Crippen molar-refractivity contribution in [2.24, 2.45) is 0 Å². The monoisotopic (exact) mass is 359 g/mol. The van der Waals surface area contributed by atoms with E-state index in [1.807, 2.05) is 36.4 Å². The molecule has 0 saturated carbocycles. The number of carbonyl (C=O) groups is 1. The molecule has 0 amide bonds. The van der Waals surface area contributed by atoms with Gasteiger partial charge in [0.15, 0.2) is 6.29 Å². The fraction of sp³-hybridized carbons (Fsp3) is 0.0769. The number of hydrogen-bond acceptors (Lipinski definition) is 2. The summed E-state index contributed by atoms with van der Waals surface area (Å²) >= 11 is 0. The first kappa shape index (κ1) is 16.5. The van der Waals surface area contributed by atoms with Gasteiger partial charge in [0.25, 0.3) is 0 Å². The largest absolute Gasteiger partial charge is 0.298 e. The van der Waals surface area contributed by atoms with Crippen molar-refractivity contribution < 1.29 is 4.79 Å². The second-order valence-corrected chi connectivity index (χ2v) is 7.23. The third kappa shape index (κ3) is 2.52. The van der Waals surface area contributed by atoms with Crippen LogP contribution in [0, 0.1) is 11.3 Å². The van der Waals surface area contributed by atoms with Crippen molar-refractivity contribution in [1.29, 1.82) is 5.26 Å². The van der Waals surface area contributed by atoms with Gasteiger partial charge >= 0.3 is 0 Å². The summed E-state index contributed by atoms with van der Waals surface area (Å²) in [5.74, 6) is 0. The molecule has 5 rings (SSSR count). The molecule has 2 nitrogen and oxygen atoms in total. The predicted molar refractivity (Wildman–Crippen MR) is 114 cm³/mol. The van der Waals surface area contributed by atoms with E-state index in [1.54, 1.807) is 0 Å². The number of benzene rings is 5. The lowest BCUT2D eigenvalue weighted by Gasteiger charge is -2.15. The molecular weight excluding hydrogens is 342 g/mol. The van der Waals surface area contributed by atoms with Gasteiger partial charge in [-0.05, 0) is 68.4 Å². The highest BCUT2D eigenvalue weighted by Crippen LogP contribution is 2.37. The standard InChI is InChI=1S/C26H17NO/c27-15-18-3-1-17(2-4-18)5-6-19-7-8-20-9-10-21-11-12-22(16-28)24-14-13-23(19)25(20)26(21)24/h1-4,7-14,16H,5-6H2. The fourth-order valence-corrected chi connectivity index (χ4v) is 4.23. The number of rotatable bonds is 4. The van der Waals surface area contributed by atoms with E-state index in [0.29, 0.717) is 5.56 Å². The Kier molecular flexibility index (Phi) is 3.81. The minimum absolute atomic E-state index is 0.692. The van der Waals surface area contributed by atoms with Crippen LogP contribution in [0.2, 0.25) is 0 Å². The maximum atomic E-state index is 11.5. The molecule has 0 heterocycles. The summed E-state index contributed by atoms with van der Waals surface area (Å²) in [6.07, 6.45) is 2.80. The molecular formula is C26H17NO. The van der Waals surface area contributed by atoms with Gasteiger partial charge in [-0.2, -0.15) is 5.26 Å². The summed E-state index contributed by atoms with van der Waals surface area (Å²) in [6, 6.07) is 26.9. The smallest absolute Gasteiger partial charge is 0.150 e. The van der Waals surface area contributed by atoms with Crippen LogP contribution >= 0.6 is 0 Å². The van der Waals surface area contributed by atoms with Gasteiger partial charge < -0.3 is 0 Å². The SMILES string of the molecule is N#Cc1ccc(CCc2ccc3ccc4ccc(C=O)c5ccc2c3c45)cc1. The molecule has 0 unspecified atom stereocenters. The van der Waals surface area contributed by atoms with Crippen LogP contribution < -0.4 is 0 Å². The second-order valence-electron chi connectivity index (χ2n) is 7.23. The molecule has 0 spiro atoms. The Morgan fingerprint density at radius 2 is 1.36 bits per heavy atom. The average molecular weight is 359 g/mol. The van der Waals surface area contributed by atoms with E-state index < -0.39 is 0 Å². The van der Waals surface area contributed by atoms with Crippen LogP contribution in [-0.4, -0.2) is 6.29 Å². The molecule has 5 aromatic carbocycles. The molecule has 0 N–H and O–H groups in total. The fourth-order valence-electron chi connectivity index (χ4n) is 4.23. The molecule has 0 saturated heterocycles. The third-order valence-corrected chi connectivity index (χ3v) is 5.68. The van der Waals surface area contributed by atoms with Gasteiger partial charge in [0, 0.05) is 5.56 Å². The van der Waals surface area contributed by atoms with Crippen molar-refractivity contribution in [1.82, 2.24) is 0 Å². The number of aldehydes is 1. The van der Waals surface area contributed by atoms with Crippen LogP contribution in [0.1, 0.15) is 27.0 Å². The lowest BCUT2D eigenvalue weighted by atomic mass is 9.89. The van der Waals surface area contributed by atoms with Crippen molar-refractivity contribution in [2.45, 2.75) is 12.8 Å². The minimum Gasteiger partial charge on any atom is -0.298 e. The molecule has 0 aliphatic heterocycles. The molecule has 132 valence electrons. The Hall–Kier alpha value is -3.70. The van der Waals surface area contributed by atoms with Crippen LogP contribution in [0.15, 0.2) is 72.8 Å². The normalized spacial score (nSPS) is 11.2. The third-order valence-electron chi connectivity index (χ3n) is 5.68. The van der Waals surface area contributed by atoms with Crippen LogP contribution in [0.3, 0.4) is 0 Å². The molecule has 28 heavy (non-hydrogen) atoms. The van der Waals surface area contributed by atoms with Gasteiger partial charge in [0.1, 0.15) is 0 Å². The van der Waals surface area contributed by atoms with Crippen molar-refractivity contribution in [3.63, 3.8) is 0 Å². The molecule has 0 radical (unpaired) electrons. The minimum atomic E-state index is 0.692. The topological polar surface area (TPSA) is 40.9 Å². The number of hydrogen-bond donors (Lipinski definition) is 0. The van der Waals surface area contributed by atoms with E-state index >= 15 is 0 Å². The summed E-state index contributed by atoms with van der Waals surface area (Å²) in [5.41, 5.74) is 3.97. The van der Waals surface area contributed by atoms with Crippen LogP contribution in [0.4, 0.5) is 0 Å². The maximum Gasteiger partial charge on any atom is 0.150 e. The zero-order valence-corrected chi connectivity index (χ0v) is 15.3. The van der Waals surface area contributed by atoms with Gasteiger partial charge in [-0.1, -0.05) is 60.7 Å². The highest BCUT2D eigenvalue weighted by Gasteiger charge is 2.13.